The zero-order valence-corrected chi connectivity index (χ0v) is 24.6. The minimum atomic E-state index is 0.779. The molecule has 0 saturated heterocycles. The molecule has 0 spiro atoms. The fraction of sp³-hybridized carbons (Fsp3) is 0.0270. The molecule has 0 radical (unpaired) electrons. The molecule has 7 rings (SSSR count). The van der Waals surface area contributed by atoms with Crippen LogP contribution in [0.1, 0.15) is 5.56 Å². The summed E-state index contributed by atoms with van der Waals surface area (Å²) < 4.78 is 4.57. The molecule has 7 aromatic rings. The maximum atomic E-state index is 6.66. The molecule has 6 aromatic carbocycles. The molecule has 4 heteroatoms. The largest absolute Gasteiger partial charge is 0.398 e. The van der Waals surface area contributed by atoms with Gasteiger partial charge in [-0.15, -0.1) is 0 Å². The summed E-state index contributed by atoms with van der Waals surface area (Å²) >= 11 is 2.39. The van der Waals surface area contributed by atoms with Crippen molar-refractivity contribution < 1.29 is 0 Å². The van der Waals surface area contributed by atoms with E-state index in [0.717, 1.165) is 34.6 Å². The van der Waals surface area contributed by atoms with Crippen LogP contribution in [0.5, 0.6) is 0 Å². The average molecular weight is 642 g/mol. The topological polar surface area (TPSA) is 34.2 Å². The van der Waals surface area contributed by atoms with Crippen molar-refractivity contribution in [3.05, 3.63) is 151 Å². The summed E-state index contributed by atoms with van der Waals surface area (Å²) in [6.45, 7) is 0.838. The first-order valence-corrected chi connectivity index (χ1v) is 14.7. The first-order chi connectivity index (χ1) is 20.2. The highest BCUT2D eigenvalue weighted by molar-refractivity contribution is 14.1. The third kappa shape index (κ3) is 4.85. The van der Waals surface area contributed by atoms with Gasteiger partial charge in [-0.05, 0) is 70.8 Å². The first-order valence-electron chi connectivity index (χ1n) is 13.7. The Balaban J connectivity index is 1.26. The molecule has 0 aliphatic heterocycles. The number of fused-ring (bicyclic) bond motifs is 3. The van der Waals surface area contributed by atoms with Crippen LogP contribution in [0.3, 0.4) is 0 Å². The van der Waals surface area contributed by atoms with Crippen molar-refractivity contribution in [2.24, 2.45) is 0 Å². The van der Waals surface area contributed by atoms with Gasteiger partial charge in [0.05, 0.1) is 40.4 Å². The van der Waals surface area contributed by atoms with Gasteiger partial charge < -0.3 is 13.4 Å². The highest BCUT2D eigenvalue weighted by atomic mass is 127. The van der Waals surface area contributed by atoms with Crippen LogP contribution < -0.4 is 8.85 Å². The second-order valence-corrected chi connectivity index (χ2v) is 11.4. The minimum Gasteiger partial charge on any atom is -0.398 e. The minimum absolute atomic E-state index is 0.779. The zero-order valence-electron chi connectivity index (χ0n) is 22.4. The second-order valence-electron chi connectivity index (χ2n) is 10.3. The molecular weight excluding hydrogens is 613 g/mol. The number of benzene rings is 6. The average Bonchev–Trinajstić information content (AvgIpc) is 3.34. The molecule has 1 aromatic heterocycles. The van der Waals surface area contributed by atoms with E-state index in [0.29, 0.717) is 0 Å². The molecule has 0 saturated carbocycles. The molecule has 0 aliphatic carbocycles. The van der Waals surface area contributed by atoms with E-state index in [1.54, 1.807) is 0 Å². The maximum Gasteiger partial charge on any atom is 0.0594 e. The summed E-state index contributed by atoms with van der Waals surface area (Å²) in [5, 5.41) is 2.42. The van der Waals surface area contributed by atoms with E-state index in [-0.39, 0.29) is 0 Å². The monoisotopic (exact) mass is 641 g/mol. The number of rotatable bonds is 6. The number of aromatic nitrogens is 1. The van der Waals surface area contributed by atoms with E-state index in [2.05, 4.69) is 170 Å². The Bertz CT molecular complexity index is 1980. The van der Waals surface area contributed by atoms with E-state index >= 15 is 0 Å². The van der Waals surface area contributed by atoms with Crippen LogP contribution in [0.15, 0.2) is 146 Å². The van der Waals surface area contributed by atoms with Crippen molar-refractivity contribution >= 4 is 56.0 Å². The van der Waals surface area contributed by atoms with E-state index in [9.17, 15) is 0 Å². The number of anilines is 2. The Kier molecular flexibility index (Phi) is 6.69. The van der Waals surface area contributed by atoms with Gasteiger partial charge in [0, 0.05) is 33.4 Å². The lowest BCUT2D eigenvalue weighted by molar-refractivity contribution is 1.08. The van der Waals surface area contributed by atoms with Crippen LogP contribution in [0.2, 0.25) is 0 Å². The molecule has 3 nitrogen and oxygen atoms in total. The smallest absolute Gasteiger partial charge is 0.0594 e. The van der Waals surface area contributed by atoms with Crippen LogP contribution in [-0.2, 0) is 6.54 Å². The number of nitrogen functional groups attached to an aromatic ring is 1. The number of hydrogen-bond donors (Lipinski definition) is 1. The predicted molar refractivity (Wildman–Crippen MR) is 183 cm³/mol. The third-order valence-corrected chi connectivity index (χ3v) is 8.57. The number of nitrogens with zero attached hydrogens (tertiary/aromatic N) is 2. The normalized spacial score (nSPS) is 11.2. The molecule has 0 aliphatic rings. The lowest BCUT2D eigenvalue weighted by atomic mass is 10.0. The summed E-state index contributed by atoms with van der Waals surface area (Å²) in [5.74, 6) is 0. The van der Waals surface area contributed by atoms with Gasteiger partial charge in [-0.25, -0.2) is 0 Å². The highest BCUT2D eigenvalue weighted by Gasteiger charge is 2.15. The van der Waals surface area contributed by atoms with Crippen molar-refractivity contribution in [3.63, 3.8) is 0 Å². The summed E-state index contributed by atoms with van der Waals surface area (Å²) in [6.07, 6.45) is 0. The number of hydrogen-bond acceptors (Lipinski definition) is 2. The second kappa shape index (κ2) is 10.8. The molecule has 0 bridgehead atoms. The van der Waals surface area contributed by atoms with Crippen molar-refractivity contribution in [3.8, 4) is 27.9 Å². The molecule has 0 amide bonds. The Labute approximate surface area is 254 Å². The molecular formula is C37H28IN3. The summed E-state index contributed by atoms with van der Waals surface area (Å²) in [6, 6.07) is 51.5. The lowest BCUT2D eigenvalue weighted by Crippen LogP contribution is -2.08. The van der Waals surface area contributed by atoms with E-state index in [1.165, 1.54) is 38.7 Å². The van der Waals surface area contributed by atoms with Gasteiger partial charge in [-0.1, -0.05) is 97.1 Å². The summed E-state index contributed by atoms with van der Waals surface area (Å²) in [5.41, 5.74) is 17.9. The van der Waals surface area contributed by atoms with Gasteiger partial charge in [0.2, 0.25) is 0 Å². The quantitative estimate of drug-likeness (QED) is 0.111. The zero-order chi connectivity index (χ0) is 27.8. The van der Waals surface area contributed by atoms with Gasteiger partial charge in [0.15, 0.2) is 0 Å². The third-order valence-electron chi connectivity index (χ3n) is 7.67. The van der Waals surface area contributed by atoms with Crippen molar-refractivity contribution in [1.29, 1.82) is 0 Å². The van der Waals surface area contributed by atoms with Crippen LogP contribution in [0.25, 0.3) is 49.7 Å². The predicted octanol–water partition coefficient (Wildman–Crippen LogP) is 10.1. The van der Waals surface area contributed by atoms with Crippen LogP contribution >= 0.6 is 22.9 Å². The lowest BCUT2D eigenvalue weighted by Gasteiger charge is -2.17. The van der Waals surface area contributed by atoms with Crippen LogP contribution in [0.4, 0.5) is 11.4 Å². The molecule has 1 heterocycles. The summed E-state index contributed by atoms with van der Waals surface area (Å²) in [4.78, 5) is 0. The van der Waals surface area contributed by atoms with Crippen molar-refractivity contribution in [2.45, 2.75) is 6.54 Å². The molecule has 0 unspecified atom stereocenters. The number of para-hydroxylation sites is 2. The first kappa shape index (κ1) is 25.4. The van der Waals surface area contributed by atoms with Gasteiger partial charge >= 0.3 is 0 Å². The Morgan fingerprint density at radius 3 is 2.02 bits per heavy atom. The van der Waals surface area contributed by atoms with Gasteiger partial charge in [0.25, 0.3) is 0 Å². The van der Waals surface area contributed by atoms with Crippen molar-refractivity contribution in [2.75, 3.05) is 8.85 Å². The molecule has 198 valence electrons. The van der Waals surface area contributed by atoms with Crippen LogP contribution in [0, 0.1) is 0 Å². The summed E-state index contributed by atoms with van der Waals surface area (Å²) in [7, 11) is 0. The molecule has 0 atom stereocenters. The van der Waals surface area contributed by atoms with E-state index < -0.39 is 0 Å². The SMILES string of the molecule is Nc1cc2c(cc1-c1ccccc1)c1ccccc1n2-c1ccc(-c2cccc(CN(I)c3ccccc3)c2)cc1. The Hall–Kier alpha value is -4.55. The highest BCUT2D eigenvalue weighted by Crippen LogP contribution is 2.38. The van der Waals surface area contributed by atoms with E-state index in [4.69, 9.17) is 5.73 Å². The van der Waals surface area contributed by atoms with Gasteiger partial charge in [0.1, 0.15) is 0 Å². The van der Waals surface area contributed by atoms with E-state index in [1.807, 2.05) is 6.07 Å². The van der Waals surface area contributed by atoms with Gasteiger partial charge in [-0.3, -0.25) is 0 Å². The molecule has 41 heavy (non-hydrogen) atoms. The molecule has 0 fully saturated rings. The number of halogens is 1. The Morgan fingerprint density at radius 1 is 0.561 bits per heavy atom. The molecule has 2 N–H and O–H groups in total. The fourth-order valence-corrected chi connectivity index (χ4v) is 6.39. The van der Waals surface area contributed by atoms with Gasteiger partial charge in [-0.2, -0.15) is 0 Å². The Morgan fingerprint density at radius 2 is 1.24 bits per heavy atom. The number of nitrogens with two attached hydrogens (primary N) is 1. The maximum absolute atomic E-state index is 6.66. The van der Waals surface area contributed by atoms with Crippen molar-refractivity contribution in [1.82, 2.24) is 4.57 Å². The standard InChI is InChI=1S/C37H28IN3/c38-40(30-14-5-2-6-15-30)25-26-10-9-13-29(22-26)27-18-20-31(21-19-27)41-36-17-8-7-16-32(36)34-23-33(35(39)24-37(34)41)28-11-3-1-4-12-28/h1-24H,25,39H2. The fourth-order valence-electron chi connectivity index (χ4n) is 5.67. The van der Waals surface area contributed by atoms with Crippen LogP contribution in [-0.4, -0.2) is 4.57 Å².